The molecule has 1 rings (SSSR count). The summed E-state index contributed by atoms with van der Waals surface area (Å²) < 4.78 is 10.5. The minimum absolute atomic E-state index is 0.0610. The van der Waals surface area contributed by atoms with Crippen LogP contribution in [0, 0.1) is 0 Å². The van der Waals surface area contributed by atoms with Crippen molar-refractivity contribution in [3.63, 3.8) is 0 Å². The molecule has 0 unspecified atom stereocenters. The van der Waals surface area contributed by atoms with E-state index >= 15 is 0 Å². The molecule has 1 aliphatic heterocycles. The van der Waals surface area contributed by atoms with Gasteiger partial charge in [-0.05, 0) is 19.3 Å². The second-order valence-corrected chi connectivity index (χ2v) is 5.25. The first-order chi connectivity index (χ1) is 9.66. The van der Waals surface area contributed by atoms with Gasteiger partial charge in [-0.1, -0.05) is 31.9 Å². The first kappa shape index (κ1) is 17.6. The average Bonchev–Trinajstić information content (AvgIpc) is 2.77. The van der Waals surface area contributed by atoms with Gasteiger partial charge in [0.15, 0.2) is 0 Å². The molecule has 20 heavy (non-hydrogen) atoms. The van der Waals surface area contributed by atoms with Gasteiger partial charge in [-0.25, -0.2) is 0 Å². The number of hydrogen-bond donors (Lipinski definition) is 3. The molecule has 0 spiro atoms. The largest absolute Gasteiger partial charge is 0.388 e. The van der Waals surface area contributed by atoms with Crippen molar-refractivity contribution in [1.29, 1.82) is 0 Å². The van der Waals surface area contributed by atoms with Crippen LogP contribution in [0.3, 0.4) is 0 Å². The second kappa shape index (κ2) is 10.3. The molecule has 4 atom stereocenters. The lowest BCUT2D eigenvalue weighted by Gasteiger charge is -2.20. The van der Waals surface area contributed by atoms with Crippen LogP contribution >= 0.6 is 0 Å². The Morgan fingerprint density at radius 2 is 1.95 bits per heavy atom. The van der Waals surface area contributed by atoms with Crippen LogP contribution in [0.5, 0.6) is 0 Å². The van der Waals surface area contributed by atoms with Crippen LogP contribution in [0.2, 0.25) is 0 Å². The number of aliphatic hydroxyl groups is 3. The van der Waals surface area contributed by atoms with Crippen molar-refractivity contribution in [3.05, 3.63) is 12.2 Å². The zero-order valence-electron chi connectivity index (χ0n) is 12.3. The maximum atomic E-state index is 9.80. The Morgan fingerprint density at radius 3 is 2.55 bits per heavy atom. The van der Waals surface area contributed by atoms with E-state index in [1.165, 1.54) is 12.8 Å². The van der Waals surface area contributed by atoms with Crippen molar-refractivity contribution < 1.29 is 24.8 Å². The molecule has 5 heteroatoms. The van der Waals surface area contributed by atoms with Crippen LogP contribution in [0.25, 0.3) is 0 Å². The normalized spacial score (nSPS) is 28.3. The molecule has 1 heterocycles. The highest BCUT2D eigenvalue weighted by atomic mass is 16.5. The first-order valence-corrected chi connectivity index (χ1v) is 7.55. The fourth-order valence-corrected chi connectivity index (χ4v) is 2.12. The van der Waals surface area contributed by atoms with Crippen LogP contribution in [0.15, 0.2) is 12.2 Å². The number of unbranched alkanes of at least 4 members (excludes halogenated alkanes) is 3. The van der Waals surface area contributed by atoms with Crippen molar-refractivity contribution in [2.45, 2.75) is 63.4 Å². The second-order valence-electron chi connectivity index (χ2n) is 5.25. The summed E-state index contributed by atoms with van der Waals surface area (Å²) in [6.45, 7) is 2.93. The van der Waals surface area contributed by atoms with Gasteiger partial charge in [-0.2, -0.15) is 0 Å². The van der Waals surface area contributed by atoms with Crippen LogP contribution < -0.4 is 0 Å². The molecule has 0 aliphatic carbocycles. The summed E-state index contributed by atoms with van der Waals surface area (Å²) in [5.74, 6) is 0. The molecular weight excluding hydrogens is 260 g/mol. The van der Waals surface area contributed by atoms with E-state index in [1.807, 2.05) is 0 Å². The Balaban J connectivity index is 2.00. The van der Waals surface area contributed by atoms with Crippen molar-refractivity contribution in [3.8, 4) is 0 Å². The summed E-state index contributed by atoms with van der Waals surface area (Å²) in [4.78, 5) is 0. The van der Waals surface area contributed by atoms with Crippen LogP contribution in [-0.2, 0) is 9.47 Å². The van der Waals surface area contributed by atoms with E-state index in [0.717, 1.165) is 19.3 Å². The van der Waals surface area contributed by atoms with Gasteiger partial charge in [0.25, 0.3) is 0 Å². The SMILES string of the molecule is CCCC/C=C/CCCOC[C@@H](O)[C@H]1OC[C@H](O)[C@H]1O. The highest BCUT2D eigenvalue weighted by Crippen LogP contribution is 2.17. The molecule has 1 saturated heterocycles. The minimum Gasteiger partial charge on any atom is -0.388 e. The molecule has 5 nitrogen and oxygen atoms in total. The molecule has 0 aromatic carbocycles. The third kappa shape index (κ3) is 6.33. The molecular formula is C15H28O5. The molecule has 0 bridgehead atoms. The molecule has 0 radical (unpaired) electrons. The van der Waals surface area contributed by atoms with E-state index in [0.29, 0.717) is 6.61 Å². The highest BCUT2D eigenvalue weighted by molar-refractivity contribution is 4.87. The Bertz CT molecular complexity index is 269. The van der Waals surface area contributed by atoms with Crippen molar-refractivity contribution in [1.82, 2.24) is 0 Å². The molecule has 3 N–H and O–H groups in total. The minimum atomic E-state index is -1.03. The molecule has 0 amide bonds. The molecule has 1 aliphatic rings. The average molecular weight is 288 g/mol. The maximum Gasteiger partial charge on any atom is 0.114 e. The topological polar surface area (TPSA) is 79.2 Å². The van der Waals surface area contributed by atoms with Crippen molar-refractivity contribution in [2.24, 2.45) is 0 Å². The fourth-order valence-electron chi connectivity index (χ4n) is 2.12. The molecule has 0 aromatic heterocycles. The van der Waals surface area contributed by atoms with Gasteiger partial charge in [-0.15, -0.1) is 0 Å². The van der Waals surface area contributed by atoms with Crippen LogP contribution in [-0.4, -0.2) is 59.6 Å². The number of aliphatic hydroxyl groups excluding tert-OH is 3. The zero-order chi connectivity index (χ0) is 14.8. The zero-order valence-corrected chi connectivity index (χ0v) is 12.3. The van der Waals surface area contributed by atoms with E-state index in [-0.39, 0.29) is 13.2 Å². The van der Waals surface area contributed by atoms with Gasteiger partial charge >= 0.3 is 0 Å². The van der Waals surface area contributed by atoms with Gasteiger partial charge in [0.1, 0.15) is 24.4 Å². The van der Waals surface area contributed by atoms with Gasteiger partial charge in [-0.3, -0.25) is 0 Å². The molecule has 0 aromatic rings. The van der Waals surface area contributed by atoms with E-state index in [4.69, 9.17) is 9.47 Å². The van der Waals surface area contributed by atoms with E-state index in [1.54, 1.807) is 0 Å². The summed E-state index contributed by atoms with van der Waals surface area (Å²) in [6.07, 6.45) is 6.23. The van der Waals surface area contributed by atoms with Gasteiger partial charge < -0.3 is 24.8 Å². The van der Waals surface area contributed by atoms with Gasteiger partial charge in [0.05, 0.1) is 13.2 Å². The highest BCUT2D eigenvalue weighted by Gasteiger charge is 2.39. The number of allylic oxidation sites excluding steroid dienone is 2. The smallest absolute Gasteiger partial charge is 0.114 e. The monoisotopic (exact) mass is 288 g/mol. The third-order valence-electron chi connectivity index (χ3n) is 3.41. The molecule has 118 valence electrons. The lowest BCUT2D eigenvalue weighted by Crippen LogP contribution is -2.40. The number of hydrogen-bond acceptors (Lipinski definition) is 5. The summed E-state index contributed by atoms with van der Waals surface area (Å²) in [5.41, 5.74) is 0. The van der Waals surface area contributed by atoms with Crippen LogP contribution in [0.4, 0.5) is 0 Å². The van der Waals surface area contributed by atoms with Gasteiger partial charge in [0, 0.05) is 6.61 Å². The lowest BCUT2D eigenvalue weighted by atomic mass is 10.1. The lowest BCUT2D eigenvalue weighted by molar-refractivity contribution is -0.0811. The van der Waals surface area contributed by atoms with E-state index < -0.39 is 24.4 Å². The van der Waals surface area contributed by atoms with E-state index in [2.05, 4.69) is 19.1 Å². The first-order valence-electron chi connectivity index (χ1n) is 7.55. The van der Waals surface area contributed by atoms with Crippen LogP contribution in [0.1, 0.15) is 39.0 Å². The Hall–Kier alpha value is -0.460. The maximum absolute atomic E-state index is 9.80. The predicted octanol–water partition coefficient (Wildman–Crippen LogP) is 1.01. The Morgan fingerprint density at radius 1 is 1.25 bits per heavy atom. The number of ether oxygens (including phenoxy) is 2. The van der Waals surface area contributed by atoms with Crippen molar-refractivity contribution >= 4 is 0 Å². The van der Waals surface area contributed by atoms with Crippen molar-refractivity contribution in [2.75, 3.05) is 19.8 Å². The summed E-state index contributed by atoms with van der Waals surface area (Å²) in [7, 11) is 0. The third-order valence-corrected chi connectivity index (χ3v) is 3.41. The quantitative estimate of drug-likeness (QED) is 0.413. The summed E-state index contributed by atoms with van der Waals surface area (Å²) >= 11 is 0. The number of rotatable bonds is 10. The summed E-state index contributed by atoms with van der Waals surface area (Å²) in [5, 5.41) is 28.7. The fraction of sp³-hybridized carbons (Fsp3) is 0.867. The van der Waals surface area contributed by atoms with Gasteiger partial charge in [0.2, 0.25) is 0 Å². The molecule has 1 fully saturated rings. The predicted molar refractivity (Wildman–Crippen MR) is 76.5 cm³/mol. The molecule has 0 saturated carbocycles. The summed E-state index contributed by atoms with van der Waals surface area (Å²) in [6, 6.07) is 0. The Labute approximate surface area is 121 Å². The van der Waals surface area contributed by atoms with E-state index in [9.17, 15) is 15.3 Å². The standard InChI is InChI=1S/C15H28O5/c1-2-3-4-5-6-7-8-9-19-10-13(17)15-14(18)12(16)11-20-15/h5-6,12-18H,2-4,7-11H2,1H3/b6-5+/t12-,13+,14+,15+/m0/s1. The Kier molecular flexibility index (Phi) is 9.05.